The molecule has 1 fully saturated rings. The molecule has 0 saturated heterocycles. The molecule has 0 bridgehead atoms. The molecular formula is C18H25N3OS2. The van der Waals surface area contributed by atoms with Crippen LogP contribution in [0.1, 0.15) is 33.1 Å². The fraction of sp³-hybridized carbons (Fsp3) is 0.444. The van der Waals surface area contributed by atoms with E-state index in [1.807, 2.05) is 33.3 Å². The maximum Gasteiger partial charge on any atom is 0.229 e. The molecule has 3 rings (SSSR count). The Morgan fingerprint density at radius 3 is 2.46 bits per heavy atom. The van der Waals surface area contributed by atoms with Crippen LogP contribution in [0.5, 0.6) is 0 Å². The molecule has 1 aromatic heterocycles. The number of hydrogen-bond donors (Lipinski definition) is 1. The Labute approximate surface area is 152 Å². The summed E-state index contributed by atoms with van der Waals surface area (Å²) in [7, 11) is 4.05. The SMILES string of the molecule is CC.CN(C)Sc1ccc(-c2csc(NC(=O)C3CCC3)n2)cc1. The van der Waals surface area contributed by atoms with E-state index in [0.29, 0.717) is 5.13 Å². The molecule has 0 spiro atoms. The number of aromatic nitrogens is 1. The van der Waals surface area contributed by atoms with Gasteiger partial charge >= 0.3 is 0 Å². The van der Waals surface area contributed by atoms with Gasteiger partial charge in [0.1, 0.15) is 0 Å². The van der Waals surface area contributed by atoms with Crippen LogP contribution in [0, 0.1) is 5.92 Å². The van der Waals surface area contributed by atoms with Crippen molar-refractivity contribution in [2.45, 2.75) is 38.0 Å². The van der Waals surface area contributed by atoms with Crippen molar-refractivity contribution in [1.29, 1.82) is 0 Å². The van der Waals surface area contributed by atoms with Crippen molar-refractivity contribution in [2.75, 3.05) is 19.4 Å². The Bertz CT molecular complexity index is 649. The summed E-state index contributed by atoms with van der Waals surface area (Å²) in [6, 6.07) is 8.31. The number of nitrogens with one attached hydrogen (secondary N) is 1. The van der Waals surface area contributed by atoms with Gasteiger partial charge in [0.25, 0.3) is 0 Å². The van der Waals surface area contributed by atoms with Gasteiger partial charge in [-0.25, -0.2) is 4.98 Å². The molecule has 4 nitrogen and oxygen atoms in total. The molecular weight excluding hydrogens is 338 g/mol. The van der Waals surface area contributed by atoms with Crippen molar-refractivity contribution in [3.05, 3.63) is 29.6 Å². The van der Waals surface area contributed by atoms with Gasteiger partial charge in [-0.1, -0.05) is 32.4 Å². The molecule has 1 aliphatic carbocycles. The van der Waals surface area contributed by atoms with Gasteiger partial charge in [-0.05, 0) is 51.0 Å². The Morgan fingerprint density at radius 1 is 1.25 bits per heavy atom. The Morgan fingerprint density at radius 2 is 1.92 bits per heavy atom. The first-order chi connectivity index (χ1) is 11.6. The Hall–Kier alpha value is -1.37. The van der Waals surface area contributed by atoms with Crippen molar-refractivity contribution in [2.24, 2.45) is 5.92 Å². The highest BCUT2D eigenvalue weighted by Crippen LogP contribution is 2.30. The lowest BCUT2D eigenvalue weighted by atomic mass is 9.85. The van der Waals surface area contributed by atoms with Gasteiger partial charge in [0.15, 0.2) is 5.13 Å². The summed E-state index contributed by atoms with van der Waals surface area (Å²) in [6.45, 7) is 4.00. The number of hydrogen-bond acceptors (Lipinski definition) is 5. The predicted molar refractivity (Wildman–Crippen MR) is 104 cm³/mol. The standard InChI is InChI=1S/C16H19N3OS2.C2H6/c1-19(2)22-13-8-6-11(7-9-13)14-10-21-16(17-14)18-15(20)12-4-3-5-12;1-2/h6-10,12H,3-5H2,1-2H3,(H,17,18,20);1-2H3. The molecule has 1 heterocycles. The van der Waals surface area contributed by atoms with Crippen LogP contribution < -0.4 is 5.32 Å². The Balaban J connectivity index is 0.00000100. The number of carbonyl (C=O) groups excluding carboxylic acids is 1. The Kier molecular flexibility index (Phi) is 7.27. The second-order valence-corrected chi connectivity index (χ2v) is 7.83. The number of amides is 1. The van der Waals surface area contributed by atoms with E-state index in [1.54, 1.807) is 11.9 Å². The number of nitrogens with zero attached hydrogens (tertiary/aromatic N) is 2. The number of thiazole rings is 1. The second kappa shape index (κ2) is 9.20. The summed E-state index contributed by atoms with van der Waals surface area (Å²) in [5, 5.41) is 5.61. The van der Waals surface area contributed by atoms with Gasteiger partial charge in [-0.3, -0.25) is 9.10 Å². The van der Waals surface area contributed by atoms with Gasteiger partial charge in [-0.15, -0.1) is 11.3 Å². The molecule has 24 heavy (non-hydrogen) atoms. The third kappa shape index (κ3) is 5.06. The molecule has 2 aromatic rings. The van der Waals surface area contributed by atoms with Gasteiger partial charge in [0, 0.05) is 21.8 Å². The fourth-order valence-corrected chi connectivity index (χ4v) is 3.64. The van der Waals surface area contributed by atoms with Crippen molar-refractivity contribution in [1.82, 2.24) is 9.29 Å². The van der Waals surface area contributed by atoms with Crippen LogP contribution in [0.25, 0.3) is 11.3 Å². The van der Waals surface area contributed by atoms with Crippen LogP contribution in [0.3, 0.4) is 0 Å². The highest BCUT2D eigenvalue weighted by molar-refractivity contribution is 7.97. The summed E-state index contributed by atoms with van der Waals surface area (Å²) in [4.78, 5) is 17.7. The monoisotopic (exact) mass is 363 g/mol. The van der Waals surface area contributed by atoms with Crippen LogP contribution in [0.15, 0.2) is 34.5 Å². The first-order valence-electron chi connectivity index (χ1n) is 8.34. The van der Waals surface area contributed by atoms with Gasteiger partial charge in [0.05, 0.1) is 5.69 Å². The van der Waals surface area contributed by atoms with Gasteiger partial charge in [-0.2, -0.15) is 0 Å². The highest BCUT2D eigenvalue weighted by atomic mass is 32.2. The lowest BCUT2D eigenvalue weighted by Gasteiger charge is -2.23. The van der Waals surface area contributed by atoms with E-state index in [0.717, 1.165) is 24.1 Å². The van der Waals surface area contributed by atoms with Crippen LogP contribution >= 0.6 is 23.3 Å². The van der Waals surface area contributed by atoms with Crippen molar-refractivity contribution >= 4 is 34.3 Å². The third-order valence-corrected chi connectivity index (χ3v) is 5.25. The van der Waals surface area contributed by atoms with E-state index in [4.69, 9.17) is 0 Å². The molecule has 130 valence electrons. The molecule has 0 radical (unpaired) electrons. The smallest absolute Gasteiger partial charge is 0.229 e. The normalized spacial score (nSPS) is 13.9. The average molecular weight is 364 g/mol. The molecule has 0 unspecified atom stereocenters. The highest BCUT2D eigenvalue weighted by Gasteiger charge is 2.25. The zero-order valence-electron chi connectivity index (χ0n) is 14.7. The molecule has 6 heteroatoms. The van der Waals surface area contributed by atoms with E-state index in [-0.39, 0.29) is 11.8 Å². The third-order valence-electron chi connectivity index (χ3n) is 3.65. The first-order valence-corrected chi connectivity index (χ1v) is 9.99. The summed E-state index contributed by atoms with van der Waals surface area (Å²) in [5.41, 5.74) is 1.99. The van der Waals surface area contributed by atoms with Crippen molar-refractivity contribution in [3.8, 4) is 11.3 Å². The number of benzene rings is 1. The molecule has 1 saturated carbocycles. The maximum atomic E-state index is 11.9. The largest absolute Gasteiger partial charge is 0.302 e. The summed E-state index contributed by atoms with van der Waals surface area (Å²) < 4.78 is 2.06. The second-order valence-electron chi connectivity index (χ2n) is 5.58. The van der Waals surface area contributed by atoms with Crippen LogP contribution in [-0.4, -0.2) is 29.3 Å². The predicted octanol–water partition coefficient (Wildman–Crippen LogP) is 5.14. The topological polar surface area (TPSA) is 45.2 Å². The van der Waals surface area contributed by atoms with Crippen molar-refractivity contribution in [3.63, 3.8) is 0 Å². The zero-order chi connectivity index (χ0) is 17.5. The molecule has 1 N–H and O–H groups in total. The van der Waals surface area contributed by atoms with Gasteiger partial charge in [0.2, 0.25) is 5.91 Å². The fourth-order valence-electron chi connectivity index (χ4n) is 2.24. The van der Waals surface area contributed by atoms with Crippen LogP contribution in [0.2, 0.25) is 0 Å². The summed E-state index contributed by atoms with van der Waals surface area (Å²) in [6.07, 6.45) is 3.18. The summed E-state index contributed by atoms with van der Waals surface area (Å²) >= 11 is 3.17. The van der Waals surface area contributed by atoms with Gasteiger partial charge < -0.3 is 5.32 Å². The van der Waals surface area contributed by atoms with E-state index in [2.05, 4.69) is 38.9 Å². The lowest BCUT2D eigenvalue weighted by Crippen LogP contribution is -2.27. The first kappa shape index (κ1) is 19.0. The van der Waals surface area contributed by atoms with E-state index >= 15 is 0 Å². The number of carbonyl (C=O) groups is 1. The zero-order valence-corrected chi connectivity index (χ0v) is 16.3. The van der Waals surface area contributed by atoms with Crippen molar-refractivity contribution < 1.29 is 4.79 Å². The number of anilines is 1. The molecule has 0 atom stereocenters. The lowest BCUT2D eigenvalue weighted by molar-refractivity contribution is -0.122. The quantitative estimate of drug-likeness (QED) is 0.747. The minimum atomic E-state index is 0.116. The molecule has 1 aromatic carbocycles. The maximum absolute atomic E-state index is 11.9. The molecule has 1 amide bonds. The van der Waals surface area contributed by atoms with E-state index in [9.17, 15) is 4.79 Å². The minimum absolute atomic E-state index is 0.116. The van der Waals surface area contributed by atoms with Crippen LogP contribution in [0.4, 0.5) is 5.13 Å². The van der Waals surface area contributed by atoms with E-state index < -0.39 is 0 Å². The minimum Gasteiger partial charge on any atom is -0.302 e. The van der Waals surface area contributed by atoms with E-state index in [1.165, 1.54) is 22.7 Å². The molecule has 0 aliphatic heterocycles. The number of rotatable bonds is 5. The average Bonchev–Trinajstić information content (AvgIpc) is 2.96. The molecule has 1 aliphatic rings. The summed E-state index contributed by atoms with van der Waals surface area (Å²) in [5.74, 6) is 0.305. The van der Waals surface area contributed by atoms with Crippen LogP contribution in [-0.2, 0) is 4.79 Å².